The van der Waals surface area contributed by atoms with Gasteiger partial charge in [0.15, 0.2) is 0 Å². The number of carbonyl (C=O) groups is 2. The molecule has 0 bridgehead atoms. The van der Waals surface area contributed by atoms with Crippen LogP contribution in [0.2, 0.25) is 5.02 Å². The molecule has 1 heterocycles. The minimum absolute atomic E-state index is 0.0382. The second kappa shape index (κ2) is 8.70. The van der Waals surface area contributed by atoms with Crippen LogP contribution in [0.25, 0.3) is 0 Å². The van der Waals surface area contributed by atoms with Gasteiger partial charge in [-0.2, -0.15) is 0 Å². The summed E-state index contributed by atoms with van der Waals surface area (Å²) in [5.74, 6) is 0.251. The minimum atomic E-state index is -0.231. The number of hydrogen-bond acceptors (Lipinski definition) is 4. The molecule has 0 fully saturated rings. The zero-order valence-electron chi connectivity index (χ0n) is 13.5. The zero-order valence-corrected chi connectivity index (χ0v) is 15.1. The molecule has 0 spiro atoms. The average molecular weight is 367 g/mol. The predicted molar refractivity (Wildman–Crippen MR) is 96.0 cm³/mol. The first-order chi connectivity index (χ1) is 11.5. The van der Waals surface area contributed by atoms with Crippen LogP contribution < -0.4 is 10.1 Å². The van der Waals surface area contributed by atoms with Gasteiger partial charge >= 0.3 is 0 Å². The van der Waals surface area contributed by atoms with Crippen molar-refractivity contribution in [2.24, 2.45) is 0 Å². The van der Waals surface area contributed by atoms with Crippen molar-refractivity contribution in [1.29, 1.82) is 0 Å². The first kappa shape index (κ1) is 18.3. The first-order valence-electron chi connectivity index (χ1n) is 7.42. The molecule has 2 aromatic rings. The van der Waals surface area contributed by atoms with E-state index >= 15 is 0 Å². The molecule has 5 nitrogen and oxygen atoms in total. The molecule has 0 atom stereocenters. The number of halogens is 1. The van der Waals surface area contributed by atoms with Crippen molar-refractivity contribution < 1.29 is 14.3 Å². The van der Waals surface area contributed by atoms with E-state index in [0.29, 0.717) is 28.8 Å². The molecule has 0 saturated carbocycles. The Bertz CT molecular complexity index is 717. The standard InChI is InChI=1S/C17H19ClN2O3S/c1-12-6-7-15(24-12)17(22)19-11-16(21)20(2)8-9-23-14-5-3-4-13(18)10-14/h3-7,10H,8-9,11H2,1-2H3,(H,19,22). The van der Waals surface area contributed by atoms with Gasteiger partial charge in [-0.05, 0) is 37.3 Å². The van der Waals surface area contributed by atoms with Gasteiger partial charge in [0.1, 0.15) is 12.4 Å². The molecule has 0 aliphatic carbocycles. The third-order valence-electron chi connectivity index (χ3n) is 3.28. The molecule has 0 radical (unpaired) electrons. The predicted octanol–water partition coefficient (Wildman–Crippen LogP) is 2.98. The molecule has 0 saturated heterocycles. The molecule has 2 amide bonds. The van der Waals surface area contributed by atoms with Gasteiger partial charge < -0.3 is 15.0 Å². The SMILES string of the molecule is Cc1ccc(C(=O)NCC(=O)N(C)CCOc2cccc(Cl)c2)s1. The lowest BCUT2D eigenvalue weighted by Gasteiger charge is -2.17. The van der Waals surface area contributed by atoms with Gasteiger partial charge in [0.2, 0.25) is 5.91 Å². The van der Waals surface area contributed by atoms with Gasteiger partial charge in [-0.3, -0.25) is 9.59 Å². The average Bonchev–Trinajstić information content (AvgIpc) is 2.99. The Morgan fingerprint density at radius 2 is 2.08 bits per heavy atom. The third-order valence-corrected chi connectivity index (χ3v) is 4.52. The molecule has 7 heteroatoms. The Morgan fingerprint density at radius 3 is 2.75 bits per heavy atom. The Kier molecular flexibility index (Phi) is 6.63. The topological polar surface area (TPSA) is 58.6 Å². The van der Waals surface area contributed by atoms with Crippen LogP contribution in [0.5, 0.6) is 5.75 Å². The molecule has 0 aliphatic rings. The molecule has 2 rings (SSSR count). The molecule has 1 N–H and O–H groups in total. The van der Waals surface area contributed by atoms with E-state index in [4.69, 9.17) is 16.3 Å². The molecule has 128 valence electrons. The molecular weight excluding hydrogens is 348 g/mol. The van der Waals surface area contributed by atoms with Gasteiger partial charge in [0, 0.05) is 16.9 Å². The minimum Gasteiger partial charge on any atom is -0.492 e. The van der Waals surface area contributed by atoms with Gasteiger partial charge in [-0.25, -0.2) is 0 Å². The molecule has 1 aromatic carbocycles. The second-order valence-corrected chi connectivity index (χ2v) is 6.94. The summed E-state index contributed by atoms with van der Waals surface area (Å²) < 4.78 is 5.54. The van der Waals surface area contributed by atoms with Gasteiger partial charge in [-0.1, -0.05) is 17.7 Å². The lowest BCUT2D eigenvalue weighted by molar-refractivity contribution is -0.129. The van der Waals surface area contributed by atoms with Crippen molar-refractivity contribution in [3.05, 3.63) is 51.2 Å². The monoisotopic (exact) mass is 366 g/mol. The summed E-state index contributed by atoms with van der Waals surface area (Å²) in [5.41, 5.74) is 0. The number of ether oxygens (including phenoxy) is 1. The number of likely N-dealkylation sites (N-methyl/N-ethyl adjacent to an activating group) is 1. The molecule has 24 heavy (non-hydrogen) atoms. The van der Waals surface area contributed by atoms with Crippen LogP contribution >= 0.6 is 22.9 Å². The van der Waals surface area contributed by atoms with Gasteiger partial charge in [0.25, 0.3) is 5.91 Å². The smallest absolute Gasteiger partial charge is 0.261 e. The summed E-state index contributed by atoms with van der Waals surface area (Å²) in [6, 6.07) is 10.7. The largest absolute Gasteiger partial charge is 0.492 e. The number of nitrogens with zero attached hydrogens (tertiary/aromatic N) is 1. The second-order valence-electron chi connectivity index (χ2n) is 5.21. The number of aryl methyl sites for hydroxylation is 1. The summed E-state index contributed by atoms with van der Waals surface area (Å²) in [7, 11) is 1.67. The Balaban J connectivity index is 1.71. The fraction of sp³-hybridized carbons (Fsp3) is 0.294. The lowest BCUT2D eigenvalue weighted by atomic mass is 10.3. The van der Waals surface area contributed by atoms with Crippen molar-refractivity contribution in [2.75, 3.05) is 26.7 Å². The van der Waals surface area contributed by atoms with E-state index in [9.17, 15) is 9.59 Å². The van der Waals surface area contributed by atoms with Crippen LogP contribution in [0, 0.1) is 6.92 Å². The number of hydrogen-bond donors (Lipinski definition) is 1. The zero-order chi connectivity index (χ0) is 17.5. The number of carbonyl (C=O) groups excluding carboxylic acids is 2. The van der Waals surface area contributed by atoms with Gasteiger partial charge in [0.05, 0.1) is 18.0 Å². The summed E-state index contributed by atoms with van der Waals surface area (Å²) in [6.45, 7) is 2.66. The van der Waals surface area contributed by atoms with Crippen molar-refractivity contribution in [3.8, 4) is 5.75 Å². The molecular formula is C17H19ClN2O3S. The first-order valence-corrected chi connectivity index (χ1v) is 8.62. The molecule has 0 aliphatic heterocycles. The summed E-state index contributed by atoms with van der Waals surface area (Å²) in [6.07, 6.45) is 0. The normalized spacial score (nSPS) is 10.3. The molecule has 1 aromatic heterocycles. The van der Waals surface area contributed by atoms with Crippen LogP contribution in [-0.2, 0) is 4.79 Å². The van der Waals surface area contributed by atoms with Crippen LogP contribution in [0.4, 0.5) is 0 Å². The third kappa shape index (κ3) is 5.54. The van der Waals surface area contributed by atoms with Crippen molar-refractivity contribution in [2.45, 2.75) is 6.92 Å². The van der Waals surface area contributed by atoms with Crippen LogP contribution in [0.1, 0.15) is 14.5 Å². The van der Waals surface area contributed by atoms with Crippen molar-refractivity contribution in [3.63, 3.8) is 0 Å². The highest BCUT2D eigenvalue weighted by molar-refractivity contribution is 7.13. The molecule has 0 unspecified atom stereocenters. The lowest BCUT2D eigenvalue weighted by Crippen LogP contribution is -2.39. The quantitative estimate of drug-likeness (QED) is 0.819. The Morgan fingerprint density at radius 1 is 1.29 bits per heavy atom. The van der Waals surface area contributed by atoms with E-state index in [-0.39, 0.29) is 18.4 Å². The van der Waals surface area contributed by atoms with E-state index in [2.05, 4.69) is 5.32 Å². The Labute approximate surface area is 150 Å². The maximum Gasteiger partial charge on any atom is 0.261 e. The number of nitrogens with one attached hydrogen (secondary N) is 1. The van der Waals surface area contributed by atoms with E-state index in [1.54, 1.807) is 37.4 Å². The highest BCUT2D eigenvalue weighted by Crippen LogP contribution is 2.17. The van der Waals surface area contributed by atoms with E-state index in [1.807, 2.05) is 13.0 Å². The number of amides is 2. The van der Waals surface area contributed by atoms with E-state index in [1.165, 1.54) is 16.2 Å². The highest BCUT2D eigenvalue weighted by Gasteiger charge is 2.12. The van der Waals surface area contributed by atoms with E-state index in [0.717, 1.165) is 4.88 Å². The van der Waals surface area contributed by atoms with Crippen molar-refractivity contribution >= 4 is 34.8 Å². The van der Waals surface area contributed by atoms with Crippen LogP contribution in [0.15, 0.2) is 36.4 Å². The maximum absolute atomic E-state index is 12.0. The Hall–Kier alpha value is -2.05. The fourth-order valence-electron chi connectivity index (χ4n) is 1.92. The summed E-state index contributed by atoms with van der Waals surface area (Å²) >= 11 is 7.28. The van der Waals surface area contributed by atoms with Crippen molar-refractivity contribution in [1.82, 2.24) is 10.2 Å². The van der Waals surface area contributed by atoms with E-state index < -0.39 is 0 Å². The summed E-state index contributed by atoms with van der Waals surface area (Å²) in [5, 5.41) is 3.23. The fourth-order valence-corrected chi connectivity index (χ4v) is 2.88. The highest BCUT2D eigenvalue weighted by atomic mass is 35.5. The maximum atomic E-state index is 12.0. The number of rotatable bonds is 7. The van der Waals surface area contributed by atoms with Gasteiger partial charge in [-0.15, -0.1) is 11.3 Å². The van der Waals surface area contributed by atoms with Crippen LogP contribution in [-0.4, -0.2) is 43.5 Å². The number of benzene rings is 1. The summed E-state index contributed by atoms with van der Waals surface area (Å²) in [4.78, 5) is 27.1. The van der Waals surface area contributed by atoms with Crippen LogP contribution in [0.3, 0.4) is 0 Å². The number of thiophene rings is 1.